The lowest BCUT2D eigenvalue weighted by Crippen LogP contribution is -2.45. The number of unbranched alkanes of at least 4 members (excludes halogenated alkanes) is 1. The van der Waals surface area contributed by atoms with E-state index in [1.165, 1.54) is 23.1 Å². The SMILES string of the molecule is CCCCC(CC)C1C(CS(=O)(=O)OC)OC(=O)N1c1cccc(F)c1. The zero-order valence-electron chi connectivity index (χ0n) is 15.4. The number of hydrogen-bond donors (Lipinski definition) is 0. The van der Waals surface area contributed by atoms with Crippen molar-refractivity contribution in [3.63, 3.8) is 0 Å². The third-order valence-electron chi connectivity index (χ3n) is 4.77. The lowest BCUT2D eigenvalue weighted by molar-refractivity contribution is 0.131. The smallest absolute Gasteiger partial charge is 0.415 e. The Labute approximate surface area is 154 Å². The maximum Gasteiger partial charge on any atom is 0.415 e. The molecule has 1 aromatic rings. The lowest BCUT2D eigenvalue weighted by atomic mass is 9.87. The Hall–Kier alpha value is -1.67. The molecule has 0 radical (unpaired) electrons. The highest BCUT2D eigenvalue weighted by atomic mass is 32.2. The summed E-state index contributed by atoms with van der Waals surface area (Å²) in [6.07, 6.45) is 1.98. The summed E-state index contributed by atoms with van der Waals surface area (Å²) >= 11 is 0. The summed E-state index contributed by atoms with van der Waals surface area (Å²) in [6, 6.07) is 5.19. The Balaban J connectivity index is 2.41. The highest BCUT2D eigenvalue weighted by molar-refractivity contribution is 7.86. The number of halogens is 1. The van der Waals surface area contributed by atoms with Crippen molar-refractivity contribution in [3.8, 4) is 0 Å². The molecule has 0 N–H and O–H groups in total. The Morgan fingerprint density at radius 3 is 2.65 bits per heavy atom. The first-order chi connectivity index (χ1) is 12.3. The van der Waals surface area contributed by atoms with Gasteiger partial charge in [0, 0.05) is 0 Å². The molecule has 0 aromatic heterocycles. The monoisotopic (exact) mass is 387 g/mol. The third kappa shape index (κ3) is 4.73. The van der Waals surface area contributed by atoms with Crippen LogP contribution < -0.4 is 4.90 Å². The molecule has 1 aliphatic heterocycles. The van der Waals surface area contributed by atoms with Gasteiger partial charge >= 0.3 is 6.09 Å². The molecule has 0 aliphatic carbocycles. The van der Waals surface area contributed by atoms with Crippen LogP contribution in [0.2, 0.25) is 0 Å². The molecule has 1 aliphatic rings. The second-order valence-corrected chi connectivity index (χ2v) is 8.25. The number of amides is 1. The van der Waals surface area contributed by atoms with Crippen molar-refractivity contribution in [2.24, 2.45) is 5.92 Å². The molecule has 0 bridgehead atoms. The summed E-state index contributed by atoms with van der Waals surface area (Å²) in [7, 11) is -2.73. The standard InChI is InChI=1S/C18H26FNO5S/c1-4-6-8-13(5-2)17-16(12-26(22,23)24-3)25-18(21)20(17)15-10-7-9-14(19)11-15/h7,9-11,13,16-17H,4-6,8,12H2,1-3H3. The van der Waals surface area contributed by atoms with Crippen LogP contribution in [0, 0.1) is 11.7 Å². The third-order valence-corrected chi connectivity index (χ3v) is 6.02. The first kappa shape index (κ1) is 20.6. The van der Waals surface area contributed by atoms with E-state index in [0.717, 1.165) is 32.8 Å². The van der Waals surface area contributed by atoms with E-state index < -0.39 is 39.9 Å². The molecule has 8 heteroatoms. The van der Waals surface area contributed by atoms with Crippen molar-refractivity contribution in [3.05, 3.63) is 30.1 Å². The first-order valence-corrected chi connectivity index (χ1v) is 10.4. The minimum Gasteiger partial charge on any atom is -0.442 e. The van der Waals surface area contributed by atoms with E-state index in [2.05, 4.69) is 11.1 Å². The molecular weight excluding hydrogens is 361 g/mol. The number of rotatable bonds is 9. The summed E-state index contributed by atoms with van der Waals surface area (Å²) in [5.74, 6) is -0.862. The van der Waals surface area contributed by atoms with Crippen molar-refractivity contribution in [2.45, 2.75) is 51.7 Å². The molecule has 1 aromatic carbocycles. The molecular formula is C18H26FNO5S. The average molecular weight is 387 g/mol. The van der Waals surface area contributed by atoms with Gasteiger partial charge in [-0.3, -0.25) is 9.08 Å². The van der Waals surface area contributed by atoms with Crippen molar-refractivity contribution in [1.29, 1.82) is 0 Å². The van der Waals surface area contributed by atoms with Crippen LogP contribution in [0.4, 0.5) is 14.9 Å². The Morgan fingerprint density at radius 1 is 1.35 bits per heavy atom. The maximum absolute atomic E-state index is 13.7. The van der Waals surface area contributed by atoms with Crippen molar-refractivity contribution in [1.82, 2.24) is 0 Å². The molecule has 1 amide bonds. The van der Waals surface area contributed by atoms with E-state index in [1.54, 1.807) is 6.07 Å². The van der Waals surface area contributed by atoms with Gasteiger partial charge in [-0.1, -0.05) is 39.2 Å². The second-order valence-electron chi connectivity index (χ2n) is 6.46. The molecule has 26 heavy (non-hydrogen) atoms. The highest BCUT2D eigenvalue weighted by Crippen LogP contribution is 2.35. The molecule has 1 saturated heterocycles. The molecule has 3 unspecified atom stereocenters. The zero-order valence-corrected chi connectivity index (χ0v) is 16.2. The number of hydrogen-bond acceptors (Lipinski definition) is 5. The predicted molar refractivity (Wildman–Crippen MR) is 97.0 cm³/mol. The second kappa shape index (κ2) is 8.81. The fraction of sp³-hybridized carbons (Fsp3) is 0.611. The molecule has 146 valence electrons. The number of anilines is 1. The number of carbonyl (C=O) groups excluding carboxylic acids is 1. The van der Waals surface area contributed by atoms with Gasteiger partial charge in [0.15, 0.2) is 0 Å². The van der Waals surface area contributed by atoms with Crippen LogP contribution in [-0.2, 0) is 19.0 Å². The maximum atomic E-state index is 13.7. The van der Waals surface area contributed by atoms with E-state index in [4.69, 9.17) is 4.74 Å². The van der Waals surface area contributed by atoms with Crippen molar-refractivity contribution >= 4 is 21.9 Å². The van der Waals surface area contributed by atoms with Gasteiger partial charge in [0.25, 0.3) is 10.1 Å². The van der Waals surface area contributed by atoms with E-state index in [0.29, 0.717) is 5.69 Å². The van der Waals surface area contributed by atoms with E-state index in [1.807, 2.05) is 6.92 Å². The molecule has 3 atom stereocenters. The Bertz CT molecular complexity index is 724. The van der Waals surface area contributed by atoms with Gasteiger partial charge < -0.3 is 4.74 Å². The van der Waals surface area contributed by atoms with Gasteiger partial charge in [0.1, 0.15) is 17.7 Å². The summed E-state index contributed by atoms with van der Waals surface area (Å²) < 4.78 is 47.5. The van der Waals surface area contributed by atoms with Gasteiger partial charge in [-0.2, -0.15) is 8.42 Å². The molecule has 0 spiro atoms. The van der Waals surface area contributed by atoms with Crippen LogP contribution in [0.3, 0.4) is 0 Å². The fourth-order valence-electron chi connectivity index (χ4n) is 3.45. The van der Waals surface area contributed by atoms with Gasteiger partial charge in [-0.15, -0.1) is 0 Å². The Morgan fingerprint density at radius 2 is 2.08 bits per heavy atom. The topological polar surface area (TPSA) is 72.9 Å². The van der Waals surface area contributed by atoms with Gasteiger partial charge in [-0.05, 0) is 30.5 Å². The summed E-state index contributed by atoms with van der Waals surface area (Å²) in [5.41, 5.74) is 0.368. The number of ether oxygens (including phenoxy) is 1. The molecule has 1 fully saturated rings. The van der Waals surface area contributed by atoms with Crippen LogP contribution in [-0.4, -0.2) is 39.5 Å². The van der Waals surface area contributed by atoms with Crippen molar-refractivity contribution < 1.29 is 26.5 Å². The quantitative estimate of drug-likeness (QED) is 0.604. The van der Waals surface area contributed by atoms with Gasteiger partial charge in [0.05, 0.1) is 18.8 Å². The van der Waals surface area contributed by atoms with E-state index in [-0.39, 0.29) is 5.92 Å². The molecule has 6 nitrogen and oxygen atoms in total. The van der Waals surface area contributed by atoms with Crippen LogP contribution in [0.15, 0.2) is 24.3 Å². The number of cyclic esters (lactones) is 1. The number of carbonyl (C=O) groups is 1. The number of nitrogens with zero attached hydrogens (tertiary/aromatic N) is 1. The minimum atomic E-state index is -3.81. The van der Waals surface area contributed by atoms with Crippen LogP contribution in [0.25, 0.3) is 0 Å². The largest absolute Gasteiger partial charge is 0.442 e. The number of benzene rings is 1. The zero-order chi connectivity index (χ0) is 19.3. The van der Waals surface area contributed by atoms with Gasteiger partial charge in [0.2, 0.25) is 0 Å². The average Bonchev–Trinajstić information content (AvgIpc) is 2.91. The molecule has 1 heterocycles. The van der Waals surface area contributed by atoms with E-state index in [9.17, 15) is 17.6 Å². The van der Waals surface area contributed by atoms with Crippen LogP contribution >= 0.6 is 0 Å². The summed E-state index contributed by atoms with van der Waals surface area (Å²) in [5, 5.41) is 0. The molecule has 0 saturated carbocycles. The summed E-state index contributed by atoms with van der Waals surface area (Å²) in [6.45, 7) is 4.06. The first-order valence-electron chi connectivity index (χ1n) is 8.86. The fourth-order valence-corrected chi connectivity index (χ4v) is 4.25. The van der Waals surface area contributed by atoms with Gasteiger partial charge in [-0.25, -0.2) is 9.18 Å². The van der Waals surface area contributed by atoms with Crippen LogP contribution in [0.5, 0.6) is 0 Å². The normalized spacial score (nSPS) is 21.7. The minimum absolute atomic E-state index is 0.0294. The van der Waals surface area contributed by atoms with Crippen LogP contribution in [0.1, 0.15) is 39.5 Å². The summed E-state index contributed by atoms with van der Waals surface area (Å²) in [4.78, 5) is 13.9. The Kier molecular flexibility index (Phi) is 7.00. The lowest BCUT2D eigenvalue weighted by Gasteiger charge is -2.31. The predicted octanol–water partition coefficient (Wildman–Crippen LogP) is 3.71. The van der Waals surface area contributed by atoms with Crippen molar-refractivity contribution in [2.75, 3.05) is 17.8 Å². The molecule has 2 rings (SSSR count). The highest BCUT2D eigenvalue weighted by Gasteiger charge is 2.47. The van der Waals surface area contributed by atoms with E-state index >= 15 is 0 Å².